The van der Waals surface area contributed by atoms with Crippen molar-refractivity contribution < 1.29 is 19.6 Å². The van der Waals surface area contributed by atoms with E-state index in [0.29, 0.717) is 24.9 Å². The number of nitrogen functional groups attached to an aromatic ring is 1. The van der Waals surface area contributed by atoms with Gasteiger partial charge in [-0.25, -0.2) is 4.79 Å². The third-order valence-corrected chi connectivity index (χ3v) is 6.71. The summed E-state index contributed by atoms with van der Waals surface area (Å²) < 4.78 is 6.08. The van der Waals surface area contributed by atoms with Gasteiger partial charge in [-0.1, -0.05) is 60.7 Å². The molecular formula is C28H31N3O5. The van der Waals surface area contributed by atoms with Crippen LogP contribution in [0.15, 0.2) is 72.8 Å². The van der Waals surface area contributed by atoms with Gasteiger partial charge in [-0.05, 0) is 49.1 Å². The van der Waals surface area contributed by atoms with E-state index in [1.54, 1.807) is 24.8 Å². The first-order valence-corrected chi connectivity index (χ1v) is 11.9. The SMILES string of the molecule is C[C@@H](c1ccc(-c2ccc(N)c([N+](=O)[O-])c2)cc1)N1CC[C@](CC(C)(C)O)(c2ccccc2)OC1=O. The van der Waals surface area contributed by atoms with Crippen LogP contribution in [-0.2, 0) is 10.3 Å². The standard InChI is InChI=1S/C28H31N3O5/c1-19(20-9-11-21(12-10-20)22-13-14-24(29)25(17-22)31(34)35)30-16-15-28(36-26(30)32,18-27(2,3)33)23-7-5-4-6-8-23/h4-14,17,19,33H,15-16,18,29H2,1-3H3/t19-,28-/m0/s1. The third kappa shape index (κ3) is 5.18. The Balaban J connectivity index is 1.54. The van der Waals surface area contributed by atoms with E-state index in [0.717, 1.165) is 16.7 Å². The number of rotatable bonds is 7. The summed E-state index contributed by atoms with van der Waals surface area (Å²) in [7, 11) is 0. The Morgan fingerprint density at radius 3 is 2.33 bits per heavy atom. The van der Waals surface area contributed by atoms with E-state index in [9.17, 15) is 20.0 Å². The number of hydrogen-bond acceptors (Lipinski definition) is 6. The molecular weight excluding hydrogens is 458 g/mol. The number of hydrogen-bond donors (Lipinski definition) is 2. The predicted octanol–water partition coefficient (Wildman–Crippen LogP) is 5.80. The van der Waals surface area contributed by atoms with Crippen LogP contribution in [0.4, 0.5) is 16.2 Å². The summed E-state index contributed by atoms with van der Waals surface area (Å²) in [4.78, 5) is 25.7. The van der Waals surface area contributed by atoms with Gasteiger partial charge in [0.15, 0.2) is 0 Å². The number of nitrogens with two attached hydrogens (primary N) is 1. The highest BCUT2D eigenvalue weighted by molar-refractivity contribution is 5.73. The molecule has 1 heterocycles. The maximum absolute atomic E-state index is 13.3. The normalized spacial score (nSPS) is 19.0. The molecule has 1 saturated heterocycles. The Hall–Kier alpha value is -3.91. The summed E-state index contributed by atoms with van der Waals surface area (Å²) in [5.41, 5.74) is 7.06. The fourth-order valence-corrected chi connectivity index (χ4v) is 4.91. The van der Waals surface area contributed by atoms with Crippen LogP contribution in [0.5, 0.6) is 0 Å². The van der Waals surface area contributed by atoms with Gasteiger partial charge in [0.1, 0.15) is 11.3 Å². The summed E-state index contributed by atoms with van der Waals surface area (Å²) in [6.07, 6.45) is 0.407. The number of nitro benzene ring substituents is 1. The number of aliphatic hydroxyl groups is 1. The van der Waals surface area contributed by atoms with E-state index in [1.165, 1.54) is 12.1 Å². The Labute approximate surface area is 210 Å². The number of benzene rings is 3. The lowest BCUT2D eigenvalue weighted by molar-refractivity contribution is -0.383. The van der Waals surface area contributed by atoms with E-state index < -0.39 is 22.2 Å². The van der Waals surface area contributed by atoms with Gasteiger partial charge in [0, 0.05) is 25.5 Å². The van der Waals surface area contributed by atoms with Gasteiger partial charge >= 0.3 is 6.09 Å². The Morgan fingerprint density at radius 2 is 1.75 bits per heavy atom. The van der Waals surface area contributed by atoms with Crippen LogP contribution in [0.1, 0.15) is 50.8 Å². The van der Waals surface area contributed by atoms with Crippen LogP contribution in [0.2, 0.25) is 0 Å². The van der Waals surface area contributed by atoms with Crippen molar-refractivity contribution in [3.05, 3.63) is 94.0 Å². The molecule has 8 nitrogen and oxygen atoms in total. The van der Waals surface area contributed by atoms with Crippen LogP contribution in [0.3, 0.4) is 0 Å². The van der Waals surface area contributed by atoms with Crippen LogP contribution in [0, 0.1) is 10.1 Å². The topological polar surface area (TPSA) is 119 Å². The maximum atomic E-state index is 13.3. The van der Waals surface area contributed by atoms with Gasteiger partial charge in [-0.2, -0.15) is 0 Å². The van der Waals surface area contributed by atoms with Gasteiger partial charge in [0.2, 0.25) is 0 Å². The average Bonchev–Trinajstić information content (AvgIpc) is 2.83. The maximum Gasteiger partial charge on any atom is 0.411 e. The molecule has 1 aliphatic rings. The fourth-order valence-electron chi connectivity index (χ4n) is 4.91. The molecule has 8 heteroatoms. The lowest BCUT2D eigenvalue weighted by Crippen LogP contribution is -2.51. The van der Waals surface area contributed by atoms with Crippen molar-refractivity contribution in [2.24, 2.45) is 0 Å². The van der Waals surface area contributed by atoms with Crippen molar-refractivity contribution >= 4 is 17.5 Å². The number of amides is 1. The number of ether oxygens (including phenoxy) is 1. The second kappa shape index (κ2) is 9.62. The van der Waals surface area contributed by atoms with Gasteiger partial charge in [0.05, 0.1) is 16.6 Å². The molecule has 3 aromatic rings. The number of carbonyl (C=O) groups excluding carboxylic acids is 1. The summed E-state index contributed by atoms with van der Waals surface area (Å²) in [5.74, 6) is 0. The van der Waals surface area contributed by atoms with Crippen molar-refractivity contribution in [3.8, 4) is 11.1 Å². The Morgan fingerprint density at radius 1 is 1.11 bits per heavy atom. The highest BCUT2D eigenvalue weighted by atomic mass is 16.6. The summed E-state index contributed by atoms with van der Waals surface area (Å²) in [6.45, 7) is 5.85. The highest BCUT2D eigenvalue weighted by Crippen LogP contribution is 2.42. The second-order valence-corrected chi connectivity index (χ2v) is 9.99. The fraction of sp³-hybridized carbons (Fsp3) is 0.321. The lowest BCUT2D eigenvalue weighted by Gasteiger charge is -2.45. The number of anilines is 1. The predicted molar refractivity (Wildman–Crippen MR) is 138 cm³/mol. The van der Waals surface area contributed by atoms with E-state index >= 15 is 0 Å². The molecule has 3 aromatic carbocycles. The molecule has 0 unspecified atom stereocenters. The molecule has 0 aromatic heterocycles. The molecule has 3 N–H and O–H groups in total. The monoisotopic (exact) mass is 489 g/mol. The van der Waals surface area contributed by atoms with E-state index in [1.807, 2.05) is 61.5 Å². The molecule has 0 aliphatic carbocycles. The molecule has 0 radical (unpaired) electrons. The first-order valence-electron chi connectivity index (χ1n) is 11.9. The van der Waals surface area contributed by atoms with Crippen molar-refractivity contribution in [1.29, 1.82) is 0 Å². The lowest BCUT2D eigenvalue weighted by atomic mass is 9.80. The summed E-state index contributed by atoms with van der Waals surface area (Å²) >= 11 is 0. The Bertz CT molecular complexity index is 1250. The van der Waals surface area contributed by atoms with E-state index in [2.05, 4.69) is 0 Å². The molecule has 0 bridgehead atoms. The van der Waals surface area contributed by atoms with Crippen molar-refractivity contribution in [3.63, 3.8) is 0 Å². The zero-order valence-electron chi connectivity index (χ0n) is 20.7. The minimum Gasteiger partial charge on any atom is -0.438 e. The van der Waals surface area contributed by atoms with Crippen molar-refractivity contribution in [1.82, 2.24) is 4.90 Å². The average molecular weight is 490 g/mol. The summed E-state index contributed by atoms with van der Waals surface area (Å²) in [5, 5.41) is 21.8. The summed E-state index contributed by atoms with van der Waals surface area (Å²) in [6, 6.07) is 21.6. The van der Waals surface area contributed by atoms with Crippen LogP contribution in [-0.4, -0.2) is 33.2 Å². The molecule has 2 atom stereocenters. The largest absolute Gasteiger partial charge is 0.438 e. The molecule has 1 amide bonds. The number of cyclic esters (lactones) is 1. The van der Waals surface area contributed by atoms with Crippen LogP contribution >= 0.6 is 0 Å². The van der Waals surface area contributed by atoms with Gasteiger partial charge in [-0.15, -0.1) is 0 Å². The van der Waals surface area contributed by atoms with Crippen molar-refractivity contribution in [2.75, 3.05) is 12.3 Å². The van der Waals surface area contributed by atoms with Crippen molar-refractivity contribution in [2.45, 2.75) is 50.9 Å². The highest BCUT2D eigenvalue weighted by Gasteiger charge is 2.46. The molecule has 1 fully saturated rings. The smallest absolute Gasteiger partial charge is 0.411 e. The zero-order chi connectivity index (χ0) is 26.1. The third-order valence-electron chi connectivity index (χ3n) is 6.71. The van der Waals surface area contributed by atoms with Gasteiger partial charge < -0.3 is 20.5 Å². The molecule has 0 spiro atoms. The first-order chi connectivity index (χ1) is 17.0. The molecule has 1 aliphatic heterocycles. The van der Waals surface area contributed by atoms with Crippen LogP contribution < -0.4 is 5.73 Å². The number of nitrogens with zero attached hydrogens (tertiary/aromatic N) is 2. The van der Waals surface area contributed by atoms with Crippen LogP contribution in [0.25, 0.3) is 11.1 Å². The van der Waals surface area contributed by atoms with Gasteiger partial charge in [0.25, 0.3) is 5.69 Å². The number of carbonyl (C=O) groups is 1. The second-order valence-electron chi connectivity index (χ2n) is 9.99. The van der Waals surface area contributed by atoms with E-state index in [-0.39, 0.29) is 17.4 Å². The Kier molecular flexibility index (Phi) is 6.73. The minimum absolute atomic E-state index is 0.119. The zero-order valence-corrected chi connectivity index (χ0v) is 20.7. The van der Waals surface area contributed by atoms with E-state index in [4.69, 9.17) is 10.5 Å². The molecule has 0 saturated carbocycles. The number of nitro groups is 1. The minimum atomic E-state index is -1.02. The molecule has 36 heavy (non-hydrogen) atoms. The molecule has 4 rings (SSSR count). The first kappa shape index (κ1) is 25.2. The molecule has 188 valence electrons. The van der Waals surface area contributed by atoms with Gasteiger partial charge in [-0.3, -0.25) is 10.1 Å². The quantitative estimate of drug-likeness (QED) is 0.246.